The monoisotopic (exact) mass is 291 g/mol. The summed E-state index contributed by atoms with van der Waals surface area (Å²) >= 11 is 0. The second kappa shape index (κ2) is 6.72. The first-order valence-corrected chi connectivity index (χ1v) is 7.24. The number of hydrogen-bond donors (Lipinski definition) is 2. The number of nitrogens with one attached hydrogen (secondary N) is 1. The summed E-state index contributed by atoms with van der Waals surface area (Å²) in [7, 11) is 0. The van der Waals surface area contributed by atoms with Crippen LogP contribution in [0.5, 0.6) is 0 Å². The van der Waals surface area contributed by atoms with Crippen LogP contribution in [0.25, 0.3) is 0 Å². The first kappa shape index (κ1) is 15.5. The summed E-state index contributed by atoms with van der Waals surface area (Å²) in [5.74, 6) is -1.33. The minimum Gasteiger partial charge on any atom is -0.479 e. The Morgan fingerprint density at radius 1 is 1.38 bits per heavy atom. The van der Waals surface area contributed by atoms with Crippen molar-refractivity contribution in [2.24, 2.45) is 0 Å². The molecule has 0 spiro atoms. The second-order valence-electron chi connectivity index (χ2n) is 5.52. The van der Waals surface area contributed by atoms with Crippen molar-refractivity contribution in [2.75, 3.05) is 6.61 Å². The molecule has 0 bridgehead atoms. The van der Waals surface area contributed by atoms with Gasteiger partial charge in [0.2, 0.25) is 5.91 Å². The molecule has 114 valence electrons. The van der Waals surface area contributed by atoms with Crippen LogP contribution in [0.15, 0.2) is 30.3 Å². The second-order valence-corrected chi connectivity index (χ2v) is 5.52. The summed E-state index contributed by atoms with van der Waals surface area (Å²) in [6.07, 6.45) is 3.05. The van der Waals surface area contributed by atoms with E-state index < -0.39 is 11.5 Å². The van der Waals surface area contributed by atoms with Crippen molar-refractivity contribution in [3.8, 4) is 0 Å². The molecule has 1 fully saturated rings. The number of aliphatic carboxylic acids is 1. The van der Waals surface area contributed by atoms with Gasteiger partial charge in [-0.3, -0.25) is 4.79 Å². The van der Waals surface area contributed by atoms with Gasteiger partial charge in [-0.05, 0) is 31.7 Å². The third-order valence-corrected chi connectivity index (χ3v) is 3.89. The van der Waals surface area contributed by atoms with Crippen molar-refractivity contribution in [1.82, 2.24) is 5.32 Å². The van der Waals surface area contributed by atoms with Gasteiger partial charge in [0.05, 0.1) is 6.10 Å². The first-order chi connectivity index (χ1) is 10.0. The minimum atomic E-state index is -1.41. The van der Waals surface area contributed by atoms with E-state index in [4.69, 9.17) is 4.74 Å². The molecule has 2 atom stereocenters. The Labute approximate surface area is 124 Å². The van der Waals surface area contributed by atoms with E-state index in [1.54, 1.807) is 24.3 Å². The van der Waals surface area contributed by atoms with Crippen LogP contribution >= 0.6 is 0 Å². The van der Waals surface area contributed by atoms with Gasteiger partial charge in [0, 0.05) is 13.0 Å². The molecule has 1 aliphatic rings. The van der Waals surface area contributed by atoms with E-state index in [0.717, 1.165) is 19.4 Å². The molecule has 2 rings (SSSR count). The molecule has 1 aromatic carbocycles. The number of hydrogen-bond acceptors (Lipinski definition) is 3. The Morgan fingerprint density at radius 2 is 2.10 bits per heavy atom. The van der Waals surface area contributed by atoms with Crippen LogP contribution in [-0.2, 0) is 19.9 Å². The first-order valence-electron chi connectivity index (χ1n) is 7.24. The van der Waals surface area contributed by atoms with Gasteiger partial charge in [-0.2, -0.15) is 0 Å². The van der Waals surface area contributed by atoms with E-state index in [9.17, 15) is 14.7 Å². The Hall–Kier alpha value is -1.88. The maximum Gasteiger partial charge on any atom is 0.333 e. The number of rotatable bonds is 6. The van der Waals surface area contributed by atoms with Gasteiger partial charge in [-0.25, -0.2) is 4.79 Å². The average Bonchev–Trinajstić information content (AvgIpc) is 2.99. The van der Waals surface area contributed by atoms with Crippen LogP contribution in [0, 0.1) is 0 Å². The van der Waals surface area contributed by atoms with Crippen molar-refractivity contribution < 1.29 is 19.4 Å². The number of benzene rings is 1. The Balaban J connectivity index is 1.99. The highest BCUT2D eigenvalue weighted by Crippen LogP contribution is 2.22. The lowest BCUT2D eigenvalue weighted by molar-refractivity contribution is -0.147. The molecule has 1 amide bonds. The summed E-state index contributed by atoms with van der Waals surface area (Å²) < 4.78 is 5.47. The van der Waals surface area contributed by atoms with Crippen molar-refractivity contribution in [3.05, 3.63) is 35.9 Å². The zero-order valence-corrected chi connectivity index (χ0v) is 12.2. The van der Waals surface area contributed by atoms with Crippen molar-refractivity contribution in [3.63, 3.8) is 0 Å². The summed E-state index contributed by atoms with van der Waals surface area (Å²) in [4.78, 5) is 23.6. The molecule has 1 aromatic rings. The van der Waals surface area contributed by atoms with E-state index >= 15 is 0 Å². The highest BCUT2D eigenvalue weighted by molar-refractivity contribution is 5.87. The smallest absolute Gasteiger partial charge is 0.333 e. The van der Waals surface area contributed by atoms with Gasteiger partial charge in [0.15, 0.2) is 5.54 Å². The summed E-state index contributed by atoms with van der Waals surface area (Å²) in [5, 5.41) is 12.1. The summed E-state index contributed by atoms with van der Waals surface area (Å²) in [6.45, 7) is 2.26. The molecule has 0 radical (unpaired) electrons. The third-order valence-electron chi connectivity index (χ3n) is 3.89. The molecule has 5 heteroatoms. The standard InChI is InChI=1S/C16H21NO4/c1-16(15(19)20,12-6-3-2-4-7-12)17-14(18)10-9-13-8-5-11-21-13/h2-4,6-7,13H,5,8-11H2,1H3,(H,17,18)(H,19,20). The molecule has 2 unspecified atom stereocenters. The fourth-order valence-electron chi connectivity index (χ4n) is 2.53. The van der Waals surface area contributed by atoms with Crippen LogP contribution in [0.3, 0.4) is 0 Å². The van der Waals surface area contributed by atoms with Crippen LogP contribution < -0.4 is 5.32 Å². The van der Waals surface area contributed by atoms with E-state index in [1.165, 1.54) is 6.92 Å². The zero-order chi connectivity index (χ0) is 15.3. The number of carboxylic acids is 1. The van der Waals surface area contributed by atoms with Gasteiger partial charge in [-0.15, -0.1) is 0 Å². The molecule has 0 aromatic heterocycles. The third kappa shape index (κ3) is 3.82. The highest BCUT2D eigenvalue weighted by atomic mass is 16.5. The van der Waals surface area contributed by atoms with E-state index in [1.807, 2.05) is 6.07 Å². The SMILES string of the molecule is CC(NC(=O)CCC1CCCO1)(C(=O)O)c1ccccc1. The predicted molar refractivity (Wildman–Crippen MR) is 77.8 cm³/mol. The molecule has 1 heterocycles. The maximum absolute atomic E-state index is 12.1. The zero-order valence-electron chi connectivity index (χ0n) is 12.2. The maximum atomic E-state index is 12.1. The highest BCUT2D eigenvalue weighted by Gasteiger charge is 2.36. The van der Waals surface area contributed by atoms with Gasteiger partial charge < -0.3 is 15.2 Å². The lowest BCUT2D eigenvalue weighted by atomic mass is 9.91. The molecule has 0 aliphatic carbocycles. The molecule has 2 N–H and O–H groups in total. The van der Waals surface area contributed by atoms with Crippen LogP contribution in [0.2, 0.25) is 0 Å². The number of ether oxygens (including phenoxy) is 1. The van der Waals surface area contributed by atoms with E-state index in [-0.39, 0.29) is 18.4 Å². The van der Waals surface area contributed by atoms with Crippen LogP contribution in [0.1, 0.15) is 38.2 Å². The average molecular weight is 291 g/mol. The van der Waals surface area contributed by atoms with E-state index in [0.29, 0.717) is 12.0 Å². The molecule has 0 saturated carbocycles. The lowest BCUT2D eigenvalue weighted by Crippen LogP contribution is -2.49. The van der Waals surface area contributed by atoms with Crippen molar-refractivity contribution >= 4 is 11.9 Å². The largest absolute Gasteiger partial charge is 0.479 e. The quantitative estimate of drug-likeness (QED) is 0.841. The number of carbonyl (C=O) groups excluding carboxylic acids is 1. The van der Waals surface area contributed by atoms with Gasteiger partial charge in [-0.1, -0.05) is 30.3 Å². The fourth-order valence-corrected chi connectivity index (χ4v) is 2.53. The van der Waals surface area contributed by atoms with Gasteiger partial charge >= 0.3 is 5.97 Å². The van der Waals surface area contributed by atoms with Crippen LogP contribution in [0.4, 0.5) is 0 Å². The Morgan fingerprint density at radius 3 is 2.67 bits per heavy atom. The molecule has 21 heavy (non-hydrogen) atoms. The lowest BCUT2D eigenvalue weighted by Gasteiger charge is -2.27. The molecular formula is C16H21NO4. The van der Waals surface area contributed by atoms with Crippen LogP contribution in [-0.4, -0.2) is 29.7 Å². The fraction of sp³-hybridized carbons (Fsp3) is 0.500. The number of carboxylic acid groups (broad SMARTS) is 1. The van der Waals surface area contributed by atoms with Crippen molar-refractivity contribution in [2.45, 2.75) is 44.2 Å². The molecule has 1 saturated heterocycles. The Kier molecular flexibility index (Phi) is 4.96. The topological polar surface area (TPSA) is 75.6 Å². The molecule has 5 nitrogen and oxygen atoms in total. The minimum absolute atomic E-state index is 0.128. The summed E-state index contributed by atoms with van der Waals surface area (Å²) in [6, 6.07) is 8.73. The molecular weight excluding hydrogens is 270 g/mol. The Bertz CT molecular complexity index is 496. The van der Waals surface area contributed by atoms with Crippen molar-refractivity contribution in [1.29, 1.82) is 0 Å². The predicted octanol–water partition coefficient (Wildman–Crippen LogP) is 2.06. The van der Waals surface area contributed by atoms with Gasteiger partial charge in [0.1, 0.15) is 0 Å². The van der Waals surface area contributed by atoms with E-state index in [2.05, 4.69) is 5.32 Å². The normalized spacial score (nSPS) is 20.7. The summed E-state index contributed by atoms with van der Waals surface area (Å²) in [5.41, 5.74) is -0.850. The molecule has 1 aliphatic heterocycles. The number of amides is 1. The number of carbonyl (C=O) groups is 2. The van der Waals surface area contributed by atoms with Gasteiger partial charge in [0.25, 0.3) is 0 Å².